The first kappa shape index (κ1) is 10.9. The molecule has 3 aromatic heterocycles. The molecule has 0 unspecified atom stereocenters. The standard InChI is InChI=1S/C14H12N4S/c19-14-10-2-1-3-11(10)16-13-8-12(17-18(13)14)9-4-6-15-7-5-9/h4-8,17H,1-3H2. The zero-order valence-electron chi connectivity index (χ0n) is 10.3. The van der Waals surface area contributed by atoms with Crippen LogP contribution in [0.2, 0.25) is 0 Å². The van der Waals surface area contributed by atoms with E-state index in [0.717, 1.165) is 40.8 Å². The first-order chi connectivity index (χ1) is 9.33. The van der Waals surface area contributed by atoms with Gasteiger partial charge in [-0.15, -0.1) is 0 Å². The van der Waals surface area contributed by atoms with Crippen LogP contribution in [0.4, 0.5) is 0 Å². The molecule has 94 valence electrons. The van der Waals surface area contributed by atoms with Crippen molar-refractivity contribution in [3.8, 4) is 11.3 Å². The SMILES string of the molecule is S=c1c2c(nc3cc(-c4ccncc4)[nH]n13)CCC2. The molecule has 0 fully saturated rings. The van der Waals surface area contributed by atoms with E-state index in [1.165, 1.54) is 11.3 Å². The maximum atomic E-state index is 5.56. The fourth-order valence-electron chi connectivity index (χ4n) is 2.67. The number of hydrogen-bond donors (Lipinski definition) is 1. The number of H-pyrrole nitrogens is 1. The van der Waals surface area contributed by atoms with Crippen molar-refractivity contribution in [3.63, 3.8) is 0 Å². The van der Waals surface area contributed by atoms with Gasteiger partial charge in [-0.05, 0) is 31.4 Å². The largest absolute Gasteiger partial charge is 0.291 e. The Labute approximate surface area is 115 Å². The Morgan fingerprint density at radius 1 is 1.21 bits per heavy atom. The van der Waals surface area contributed by atoms with Crippen molar-refractivity contribution >= 4 is 17.9 Å². The van der Waals surface area contributed by atoms with E-state index >= 15 is 0 Å². The number of nitrogens with zero attached hydrogens (tertiary/aromatic N) is 3. The molecule has 1 aliphatic carbocycles. The van der Waals surface area contributed by atoms with Crippen molar-refractivity contribution in [2.45, 2.75) is 19.3 Å². The first-order valence-electron chi connectivity index (χ1n) is 6.37. The van der Waals surface area contributed by atoms with Gasteiger partial charge in [-0.3, -0.25) is 10.1 Å². The van der Waals surface area contributed by atoms with E-state index in [4.69, 9.17) is 17.2 Å². The van der Waals surface area contributed by atoms with Crippen LogP contribution in [0.3, 0.4) is 0 Å². The second-order valence-electron chi connectivity index (χ2n) is 4.80. The molecule has 1 N–H and O–H groups in total. The van der Waals surface area contributed by atoms with Crippen molar-refractivity contribution < 1.29 is 0 Å². The Bertz CT molecular complexity index is 817. The summed E-state index contributed by atoms with van der Waals surface area (Å²) in [5.41, 5.74) is 5.41. The number of aromatic nitrogens is 4. The Morgan fingerprint density at radius 3 is 2.89 bits per heavy atom. The molecule has 0 spiro atoms. The second kappa shape index (κ2) is 3.99. The quantitative estimate of drug-likeness (QED) is 0.690. The maximum Gasteiger partial charge on any atom is 0.155 e. The average Bonchev–Trinajstić information content (AvgIpc) is 3.06. The van der Waals surface area contributed by atoms with Gasteiger partial charge in [0.2, 0.25) is 0 Å². The van der Waals surface area contributed by atoms with Crippen LogP contribution in [0.5, 0.6) is 0 Å². The van der Waals surface area contributed by atoms with Gasteiger partial charge in [-0.2, -0.15) is 0 Å². The average molecular weight is 268 g/mol. The molecule has 0 amide bonds. The van der Waals surface area contributed by atoms with Gasteiger partial charge < -0.3 is 0 Å². The summed E-state index contributed by atoms with van der Waals surface area (Å²) in [5, 5.41) is 3.33. The van der Waals surface area contributed by atoms with Gasteiger partial charge in [0.05, 0.1) is 5.69 Å². The summed E-state index contributed by atoms with van der Waals surface area (Å²) in [4.78, 5) is 8.75. The van der Waals surface area contributed by atoms with Gasteiger partial charge in [0.25, 0.3) is 0 Å². The van der Waals surface area contributed by atoms with Crippen molar-refractivity contribution in [1.82, 2.24) is 19.6 Å². The minimum atomic E-state index is 0.873. The van der Waals surface area contributed by atoms with Gasteiger partial charge in [-0.1, -0.05) is 12.2 Å². The molecule has 4 nitrogen and oxygen atoms in total. The van der Waals surface area contributed by atoms with Crippen LogP contribution in [0, 0.1) is 4.64 Å². The lowest BCUT2D eigenvalue weighted by atomic mass is 10.2. The molecular formula is C14H12N4S. The molecule has 0 aliphatic heterocycles. The molecule has 0 atom stereocenters. The smallest absolute Gasteiger partial charge is 0.155 e. The van der Waals surface area contributed by atoms with Crippen molar-refractivity contribution in [2.75, 3.05) is 0 Å². The summed E-state index contributed by atoms with van der Waals surface area (Å²) in [7, 11) is 0. The van der Waals surface area contributed by atoms with Crippen LogP contribution in [0.25, 0.3) is 16.9 Å². The minimum Gasteiger partial charge on any atom is -0.291 e. The van der Waals surface area contributed by atoms with E-state index in [2.05, 4.69) is 10.1 Å². The zero-order valence-corrected chi connectivity index (χ0v) is 11.1. The monoisotopic (exact) mass is 268 g/mol. The zero-order chi connectivity index (χ0) is 12.8. The summed E-state index contributed by atoms with van der Waals surface area (Å²) in [6.07, 6.45) is 6.83. The van der Waals surface area contributed by atoms with E-state index < -0.39 is 0 Å². The maximum absolute atomic E-state index is 5.56. The fourth-order valence-corrected chi connectivity index (χ4v) is 3.03. The first-order valence-corrected chi connectivity index (χ1v) is 6.78. The summed E-state index contributed by atoms with van der Waals surface area (Å²) in [5.74, 6) is 0. The van der Waals surface area contributed by atoms with Crippen molar-refractivity contribution in [3.05, 3.63) is 46.5 Å². The lowest BCUT2D eigenvalue weighted by molar-refractivity contribution is 0.896. The normalized spacial score (nSPS) is 13.9. The lowest BCUT2D eigenvalue weighted by Crippen LogP contribution is -1.99. The third-order valence-electron chi connectivity index (χ3n) is 3.63. The van der Waals surface area contributed by atoms with Crippen LogP contribution >= 0.6 is 12.2 Å². The number of aromatic amines is 1. The molecule has 1 aliphatic rings. The molecule has 19 heavy (non-hydrogen) atoms. The van der Waals surface area contributed by atoms with Gasteiger partial charge in [0.1, 0.15) is 4.64 Å². The van der Waals surface area contributed by atoms with E-state index in [-0.39, 0.29) is 0 Å². The molecule has 0 saturated carbocycles. The van der Waals surface area contributed by atoms with Crippen LogP contribution < -0.4 is 0 Å². The molecule has 3 aromatic rings. The summed E-state index contributed by atoms with van der Waals surface area (Å²) in [6.45, 7) is 0. The molecular weight excluding hydrogens is 256 g/mol. The topological polar surface area (TPSA) is 46.0 Å². The molecule has 5 heteroatoms. The predicted molar refractivity (Wildman–Crippen MR) is 75.6 cm³/mol. The number of nitrogens with one attached hydrogen (secondary N) is 1. The van der Waals surface area contributed by atoms with Crippen LogP contribution in [0.15, 0.2) is 30.6 Å². The highest BCUT2D eigenvalue weighted by atomic mass is 32.1. The summed E-state index contributed by atoms with van der Waals surface area (Å²) < 4.78 is 2.78. The molecule has 0 bridgehead atoms. The summed E-state index contributed by atoms with van der Waals surface area (Å²) >= 11 is 5.56. The number of rotatable bonds is 1. The van der Waals surface area contributed by atoms with E-state index in [9.17, 15) is 0 Å². The highest BCUT2D eigenvalue weighted by molar-refractivity contribution is 7.71. The second-order valence-corrected chi connectivity index (χ2v) is 5.18. The molecule has 3 heterocycles. The number of aryl methyl sites for hydroxylation is 1. The van der Waals surface area contributed by atoms with Gasteiger partial charge >= 0.3 is 0 Å². The Balaban J connectivity index is 1.99. The Morgan fingerprint density at radius 2 is 2.05 bits per heavy atom. The van der Waals surface area contributed by atoms with Crippen LogP contribution in [0.1, 0.15) is 17.7 Å². The Kier molecular flexibility index (Phi) is 2.29. The van der Waals surface area contributed by atoms with E-state index in [0.29, 0.717) is 0 Å². The van der Waals surface area contributed by atoms with Crippen LogP contribution in [-0.4, -0.2) is 19.6 Å². The van der Waals surface area contributed by atoms with Gasteiger partial charge in [0, 0.05) is 35.3 Å². The third-order valence-corrected chi connectivity index (χ3v) is 4.05. The molecule has 0 radical (unpaired) electrons. The van der Waals surface area contributed by atoms with Crippen molar-refractivity contribution in [2.24, 2.45) is 0 Å². The van der Waals surface area contributed by atoms with Crippen LogP contribution in [-0.2, 0) is 12.8 Å². The lowest BCUT2D eigenvalue weighted by Gasteiger charge is -2.00. The fraction of sp³-hybridized carbons (Fsp3) is 0.214. The molecule has 0 aromatic carbocycles. The highest BCUT2D eigenvalue weighted by Crippen LogP contribution is 2.24. The predicted octanol–water partition coefficient (Wildman–Crippen LogP) is 2.94. The Hall–Kier alpha value is -2.01. The highest BCUT2D eigenvalue weighted by Gasteiger charge is 2.17. The number of fused-ring (bicyclic) bond motifs is 2. The van der Waals surface area contributed by atoms with Crippen molar-refractivity contribution in [1.29, 1.82) is 0 Å². The molecule has 4 rings (SSSR count). The third kappa shape index (κ3) is 1.62. The number of hydrogen-bond acceptors (Lipinski definition) is 3. The minimum absolute atomic E-state index is 0.873. The summed E-state index contributed by atoms with van der Waals surface area (Å²) in [6, 6.07) is 5.99. The van der Waals surface area contributed by atoms with E-state index in [1.54, 1.807) is 12.4 Å². The number of pyridine rings is 1. The van der Waals surface area contributed by atoms with Gasteiger partial charge in [-0.25, -0.2) is 9.50 Å². The molecule has 0 saturated heterocycles. The van der Waals surface area contributed by atoms with E-state index in [1.807, 2.05) is 22.7 Å². The van der Waals surface area contributed by atoms with Gasteiger partial charge in [0.15, 0.2) is 5.65 Å².